The Labute approximate surface area is 120 Å². The maximum absolute atomic E-state index is 13.8. The molecule has 0 unspecified atom stereocenters. The van der Waals surface area contributed by atoms with Crippen molar-refractivity contribution in [2.24, 2.45) is 0 Å². The number of nitrogen functional groups attached to an aromatic ring is 1. The van der Waals surface area contributed by atoms with Gasteiger partial charge in [0, 0.05) is 11.3 Å². The SMILES string of the molecule is COc1ccc(-c2noc(-c3c(N)cccc3F)n2)cc1. The number of hydrogen-bond donors (Lipinski definition) is 1. The molecule has 1 aromatic heterocycles. The molecule has 1 heterocycles. The van der Waals surface area contributed by atoms with Crippen molar-refractivity contribution < 1.29 is 13.7 Å². The molecule has 0 aliphatic rings. The molecule has 0 atom stereocenters. The highest BCUT2D eigenvalue weighted by molar-refractivity contribution is 5.72. The van der Waals surface area contributed by atoms with E-state index in [0.717, 1.165) is 11.3 Å². The Balaban J connectivity index is 1.99. The predicted molar refractivity (Wildman–Crippen MR) is 76.1 cm³/mol. The Morgan fingerprint density at radius 2 is 1.90 bits per heavy atom. The number of nitrogens with zero attached hydrogens (tertiary/aromatic N) is 2. The molecule has 6 heteroatoms. The summed E-state index contributed by atoms with van der Waals surface area (Å²) in [4.78, 5) is 4.19. The topological polar surface area (TPSA) is 74.2 Å². The lowest BCUT2D eigenvalue weighted by Crippen LogP contribution is -1.93. The number of hydrogen-bond acceptors (Lipinski definition) is 5. The first kappa shape index (κ1) is 13.1. The van der Waals surface area contributed by atoms with Crippen LogP contribution < -0.4 is 10.5 Å². The molecule has 0 amide bonds. The Kier molecular flexibility index (Phi) is 3.27. The van der Waals surface area contributed by atoms with Gasteiger partial charge < -0.3 is 15.0 Å². The van der Waals surface area contributed by atoms with Gasteiger partial charge in [-0.3, -0.25) is 0 Å². The average Bonchev–Trinajstić information content (AvgIpc) is 2.97. The third kappa shape index (κ3) is 2.43. The minimum Gasteiger partial charge on any atom is -0.497 e. The lowest BCUT2D eigenvalue weighted by molar-refractivity contribution is 0.414. The molecule has 3 aromatic rings. The van der Waals surface area contributed by atoms with Crippen molar-refractivity contribution in [2.75, 3.05) is 12.8 Å². The van der Waals surface area contributed by atoms with E-state index in [4.69, 9.17) is 15.0 Å². The summed E-state index contributed by atoms with van der Waals surface area (Å²) in [7, 11) is 1.59. The van der Waals surface area contributed by atoms with Crippen molar-refractivity contribution in [1.82, 2.24) is 10.1 Å². The van der Waals surface area contributed by atoms with Gasteiger partial charge in [-0.05, 0) is 36.4 Å². The van der Waals surface area contributed by atoms with E-state index in [0.29, 0.717) is 5.82 Å². The number of methoxy groups -OCH3 is 1. The van der Waals surface area contributed by atoms with Crippen LogP contribution in [0.3, 0.4) is 0 Å². The number of halogens is 1. The van der Waals surface area contributed by atoms with Crippen LogP contribution in [0.25, 0.3) is 22.8 Å². The summed E-state index contributed by atoms with van der Waals surface area (Å²) in [5, 5.41) is 3.85. The first-order valence-corrected chi connectivity index (χ1v) is 6.21. The van der Waals surface area contributed by atoms with Crippen molar-refractivity contribution in [3.05, 3.63) is 48.3 Å². The van der Waals surface area contributed by atoms with Gasteiger partial charge >= 0.3 is 0 Å². The molecular formula is C15H12FN3O2. The average molecular weight is 285 g/mol. The molecular weight excluding hydrogens is 273 g/mol. The van der Waals surface area contributed by atoms with Gasteiger partial charge in [-0.2, -0.15) is 4.98 Å². The van der Waals surface area contributed by atoms with Crippen molar-refractivity contribution >= 4 is 5.69 Å². The van der Waals surface area contributed by atoms with Crippen LogP contribution >= 0.6 is 0 Å². The van der Waals surface area contributed by atoms with E-state index in [1.165, 1.54) is 12.1 Å². The standard InChI is InChI=1S/C15H12FN3O2/c1-20-10-7-5-9(6-8-10)14-18-15(21-19-14)13-11(16)3-2-4-12(13)17/h2-8H,17H2,1H3. The molecule has 3 rings (SSSR count). The van der Waals surface area contributed by atoms with Crippen LogP contribution in [0.2, 0.25) is 0 Å². The zero-order valence-electron chi connectivity index (χ0n) is 11.2. The Morgan fingerprint density at radius 3 is 2.57 bits per heavy atom. The molecule has 106 valence electrons. The van der Waals surface area contributed by atoms with Crippen molar-refractivity contribution in [2.45, 2.75) is 0 Å². The van der Waals surface area contributed by atoms with Gasteiger partial charge in [0.2, 0.25) is 5.82 Å². The number of ether oxygens (including phenoxy) is 1. The lowest BCUT2D eigenvalue weighted by Gasteiger charge is -2.01. The van der Waals surface area contributed by atoms with Crippen LogP contribution in [0.4, 0.5) is 10.1 Å². The Bertz CT molecular complexity index is 749. The fourth-order valence-corrected chi connectivity index (χ4v) is 1.95. The van der Waals surface area contributed by atoms with Crippen LogP contribution in [0.15, 0.2) is 47.0 Å². The van der Waals surface area contributed by atoms with Crippen LogP contribution in [-0.2, 0) is 0 Å². The zero-order valence-corrected chi connectivity index (χ0v) is 11.2. The first-order chi connectivity index (χ1) is 10.2. The largest absolute Gasteiger partial charge is 0.497 e. The molecule has 0 aliphatic heterocycles. The van der Waals surface area contributed by atoms with Gasteiger partial charge in [0.15, 0.2) is 0 Å². The monoisotopic (exact) mass is 285 g/mol. The highest BCUT2D eigenvalue weighted by atomic mass is 19.1. The summed E-state index contributed by atoms with van der Waals surface area (Å²) in [6, 6.07) is 11.5. The zero-order chi connectivity index (χ0) is 14.8. The van der Waals surface area contributed by atoms with Crippen LogP contribution in [0, 0.1) is 5.82 Å². The second-order valence-corrected chi connectivity index (χ2v) is 4.36. The minimum absolute atomic E-state index is 0.0522. The molecule has 2 aromatic carbocycles. The van der Waals surface area contributed by atoms with Crippen LogP contribution in [-0.4, -0.2) is 17.3 Å². The number of rotatable bonds is 3. The third-order valence-corrected chi connectivity index (χ3v) is 3.03. The van der Waals surface area contributed by atoms with E-state index in [1.54, 1.807) is 37.4 Å². The summed E-state index contributed by atoms with van der Waals surface area (Å²) >= 11 is 0. The predicted octanol–water partition coefficient (Wildman–Crippen LogP) is 3.13. The molecule has 2 N–H and O–H groups in total. The maximum Gasteiger partial charge on any atom is 0.263 e. The summed E-state index contributed by atoms with van der Waals surface area (Å²) in [5.41, 5.74) is 6.86. The van der Waals surface area contributed by atoms with Gasteiger partial charge in [-0.25, -0.2) is 4.39 Å². The van der Waals surface area contributed by atoms with E-state index in [2.05, 4.69) is 10.1 Å². The number of nitrogens with two attached hydrogens (primary N) is 1. The molecule has 0 saturated heterocycles. The summed E-state index contributed by atoms with van der Waals surface area (Å²) in [5.74, 6) is 0.632. The van der Waals surface area contributed by atoms with Crippen molar-refractivity contribution in [3.8, 4) is 28.6 Å². The van der Waals surface area contributed by atoms with Crippen LogP contribution in [0.1, 0.15) is 0 Å². The molecule has 0 saturated carbocycles. The van der Waals surface area contributed by atoms with E-state index in [1.807, 2.05) is 0 Å². The normalized spacial score (nSPS) is 10.6. The number of aromatic nitrogens is 2. The summed E-state index contributed by atoms with van der Waals surface area (Å²) < 4.78 is 24.0. The first-order valence-electron chi connectivity index (χ1n) is 6.21. The van der Waals surface area contributed by atoms with Crippen molar-refractivity contribution in [1.29, 1.82) is 0 Å². The minimum atomic E-state index is -0.500. The second kappa shape index (κ2) is 5.24. The maximum atomic E-state index is 13.8. The third-order valence-electron chi connectivity index (χ3n) is 3.03. The van der Waals surface area contributed by atoms with Gasteiger partial charge in [0.25, 0.3) is 5.89 Å². The molecule has 21 heavy (non-hydrogen) atoms. The fraction of sp³-hybridized carbons (Fsp3) is 0.0667. The van der Waals surface area contributed by atoms with Crippen molar-refractivity contribution in [3.63, 3.8) is 0 Å². The van der Waals surface area contributed by atoms with E-state index < -0.39 is 5.82 Å². The quantitative estimate of drug-likeness (QED) is 0.748. The van der Waals surface area contributed by atoms with E-state index in [-0.39, 0.29) is 17.1 Å². The summed E-state index contributed by atoms with van der Waals surface area (Å²) in [6.07, 6.45) is 0. The highest BCUT2D eigenvalue weighted by Crippen LogP contribution is 2.29. The molecule has 5 nitrogen and oxygen atoms in total. The van der Waals surface area contributed by atoms with Gasteiger partial charge in [0.1, 0.15) is 11.6 Å². The Hall–Kier alpha value is -2.89. The molecule has 0 aliphatic carbocycles. The van der Waals surface area contributed by atoms with Gasteiger partial charge in [-0.1, -0.05) is 11.2 Å². The van der Waals surface area contributed by atoms with Gasteiger partial charge in [-0.15, -0.1) is 0 Å². The summed E-state index contributed by atoms with van der Waals surface area (Å²) in [6.45, 7) is 0. The smallest absolute Gasteiger partial charge is 0.263 e. The van der Waals surface area contributed by atoms with Crippen LogP contribution in [0.5, 0.6) is 5.75 Å². The van der Waals surface area contributed by atoms with E-state index >= 15 is 0 Å². The van der Waals surface area contributed by atoms with Gasteiger partial charge in [0.05, 0.1) is 12.7 Å². The molecule has 0 radical (unpaired) electrons. The molecule has 0 fully saturated rings. The molecule has 0 bridgehead atoms. The Morgan fingerprint density at radius 1 is 1.14 bits per heavy atom. The highest BCUT2D eigenvalue weighted by Gasteiger charge is 2.17. The second-order valence-electron chi connectivity index (χ2n) is 4.36. The number of anilines is 1. The number of benzene rings is 2. The fourth-order valence-electron chi connectivity index (χ4n) is 1.95. The lowest BCUT2D eigenvalue weighted by atomic mass is 10.1. The van der Waals surface area contributed by atoms with E-state index in [9.17, 15) is 4.39 Å². The molecule has 0 spiro atoms.